The van der Waals surface area contributed by atoms with Crippen LogP contribution in [0.1, 0.15) is 42.4 Å². The van der Waals surface area contributed by atoms with Crippen molar-refractivity contribution in [3.05, 3.63) is 65.5 Å². The second-order valence-corrected chi connectivity index (χ2v) is 7.23. The van der Waals surface area contributed by atoms with Gasteiger partial charge >= 0.3 is 5.97 Å². The van der Waals surface area contributed by atoms with Crippen LogP contribution >= 0.6 is 0 Å². The zero-order valence-electron chi connectivity index (χ0n) is 15.9. The number of esters is 1. The Bertz CT molecular complexity index is 989. The summed E-state index contributed by atoms with van der Waals surface area (Å²) in [5.74, 6) is -0.000159. The van der Waals surface area contributed by atoms with Crippen LogP contribution in [0.5, 0.6) is 0 Å². The Hall–Kier alpha value is -3.15. The molecule has 2 aromatic heterocycles. The zero-order valence-corrected chi connectivity index (χ0v) is 15.9. The second-order valence-electron chi connectivity index (χ2n) is 7.23. The monoisotopic (exact) mass is 362 g/mol. The number of fused-ring (bicyclic) bond motifs is 1. The number of pyridine rings is 2. The highest BCUT2D eigenvalue weighted by Crippen LogP contribution is 2.29. The van der Waals surface area contributed by atoms with E-state index >= 15 is 0 Å². The second kappa shape index (κ2) is 7.61. The maximum Gasteiger partial charge on any atom is 0.339 e. The Morgan fingerprint density at radius 2 is 1.93 bits per heavy atom. The predicted molar refractivity (Wildman–Crippen MR) is 104 cm³/mol. The fourth-order valence-electron chi connectivity index (χ4n) is 2.74. The first-order valence-electron chi connectivity index (χ1n) is 8.69. The first kappa shape index (κ1) is 18.6. The minimum Gasteiger partial charge on any atom is -0.465 e. The number of carbonyl (C=O) groups excluding carboxylic acids is 1. The molecule has 1 aromatic carbocycles. The molecule has 0 bridgehead atoms. The number of carbonyl (C=O) groups is 1. The van der Waals surface area contributed by atoms with Gasteiger partial charge in [0.15, 0.2) is 5.82 Å². The third-order valence-corrected chi connectivity index (χ3v) is 4.16. The number of ether oxygens (including phenoxy) is 1. The molecule has 0 saturated heterocycles. The summed E-state index contributed by atoms with van der Waals surface area (Å²) in [4.78, 5) is 20.3. The van der Waals surface area contributed by atoms with Gasteiger partial charge in [-0.15, -0.1) is 5.11 Å². The molecular formula is C21H22N4O2. The number of hydrogen-bond donors (Lipinski definition) is 0. The Balaban J connectivity index is 1.79. The van der Waals surface area contributed by atoms with E-state index in [9.17, 15) is 4.79 Å². The summed E-state index contributed by atoms with van der Waals surface area (Å²) in [7, 11) is 1.33. The van der Waals surface area contributed by atoms with Crippen LogP contribution in [0, 0.1) is 0 Å². The molecule has 0 spiro atoms. The van der Waals surface area contributed by atoms with Gasteiger partial charge in [-0.05, 0) is 29.2 Å². The molecule has 0 aliphatic carbocycles. The standard InChI is InChI=1S/C21H22N4O2/c1-21(2,3)17-7-5-6-14-8-10-16(24-19(14)17)13-23-25-18-11-9-15(12-22-18)20(26)27-4/h5-12H,13H2,1-4H3. The highest BCUT2D eigenvalue weighted by atomic mass is 16.5. The molecule has 2 heterocycles. The van der Waals surface area contributed by atoms with E-state index in [2.05, 4.69) is 65.0 Å². The largest absolute Gasteiger partial charge is 0.465 e. The lowest BCUT2D eigenvalue weighted by Gasteiger charge is -2.20. The van der Waals surface area contributed by atoms with Crippen molar-refractivity contribution in [2.45, 2.75) is 32.7 Å². The normalized spacial score (nSPS) is 11.9. The third-order valence-electron chi connectivity index (χ3n) is 4.16. The van der Waals surface area contributed by atoms with Crippen molar-refractivity contribution in [2.24, 2.45) is 10.2 Å². The maximum atomic E-state index is 11.4. The summed E-state index contributed by atoms with van der Waals surface area (Å²) in [6, 6.07) is 13.5. The molecule has 3 aromatic rings. The molecule has 0 aliphatic rings. The zero-order chi connectivity index (χ0) is 19.4. The smallest absolute Gasteiger partial charge is 0.339 e. The first-order valence-corrected chi connectivity index (χ1v) is 8.69. The fraction of sp³-hybridized carbons (Fsp3) is 0.286. The van der Waals surface area contributed by atoms with E-state index < -0.39 is 5.97 Å². The molecule has 6 nitrogen and oxygen atoms in total. The van der Waals surface area contributed by atoms with Crippen LogP contribution in [-0.4, -0.2) is 23.0 Å². The molecule has 3 rings (SSSR count). The minimum atomic E-state index is -0.430. The van der Waals surface area contributed by atoms with Gasteiger partial charge in [0.05, 0.1) is 23.9 Å². The SMILES string of the molecule is COC(=O)c1ccc(N=NCc2ccc3cccc(C(C)(C)C)c3n2)nc1. The first-order chi connectivity index (χ1) is 12.9. The van der Waals surface area contributed by atoms with Crippen molar-refractivity contribution in [3.8, 4) is 0 Å². The number of aromatic nitrogens is 2. The predicted octanol–water partition coefficient (Wildman–Crippen LogP) is 5.00. The molecule has 0 fully saturated rings. The highest BCUT2D eigenvalue weighted by Gasteiger charge is 2.17. The van der Waals surface area contributed by atoms with Crippen LogP contribution in [0.4, 0.5) is 5.82 Å². The number of methoxy groups -OCH3 is 1. The summed E-state index contributed by atoms with van der Waals surface area (Å²) in [6.07, 6.45) is 1.42. The van der Waals surface area contributed by atoms with Crippen LogP contribution in [-0.2, 0) is 16.7 Å². The Morgan fingerprint density at radius 1 is 1.11 bits per heavy atom. The third kappa shape index (κ3) is 4.34. The molecule has 0 saturated carbocycles. The molecule has 0 amide bonds. The van der Waals surface area contributed by atoms with Crippen LogP contribution in [0.25, 0.3) is 10.9 Å². The van der Waals surface area contributed by atoms with Gasteiger partial charge in [-0.3, -0.25) is 4.98 Å². The van der Waals surface area contributed by atoms with E-state index in [0.717, 1.165) is 16.6 Å². The minimum absolute atomic E-state index is 0.0119. The quantitative estimate of drug-likeness (QED) is 0.483. The van der Waals surface area contributed by atoms with Crippen molar-refractivity contribution >= 4 is 22.7 Å². The van der Waals surface area contributed by atoms with E-state index in [0.29, 0.717) is 17.9 Å². The molecular weight excluding hydrogens is 340 g/mol. The average molecular weight is 362 g/mol. The molecule has 0 N–H and O–H groups in total. The van der Waals surface area contributed by atoms with Crippen molar-refractivity contribution < 1.29 is 9.53 Å². The van der Waals surface area contributed by atoms with E-state index in [1.54, 1.807) is 12.1 Å². The number of azo groups is 1. The van der Waals surface area contributed by atoms with Gasteiger partial charge in [0.2, 0.25) is 0 Å². The number of nitrogens with zero attached hydrogens (tertiary/aromatic N) is 4. The molecule has 0 unspecified atom stereocenters. The lowest BCUT2D eigenvalue weighted by molar-refractivity contribution is 0.0600. The van der Waals surface area contributed by atoms with Gasteiger partial charge in [-0.1, -0.05) is 45.0 Å². The molecule has 0 radical (unpaired) electrons. The maximum absolute atomic E-state index is 11.4. The summed E-state index contributed by atoms with van der Waals surface area (Å²) >= 11 is 0. The van der Waals surface area contributed by atoms with Gasteiger partial charge in [-0.2, -0.15) is 5.11 Å². The van der Waals surface area contributed by atoms with Gasteiger partial charge in [0.1, 0.15) is 6.54 Å². The van der Waals surface area contributed by atoms with Gasteiger partial charge in [0.25, 0.3) is 0 Å². The van der Waals surface area contributed by atoms with Gasteiger partial charge in [-0.25, -0.2) is 9.78 Å². The number of rotatable bonds is 4. The highest BCUT2D eigenvalue weighted by molar-refractivity contribution is 5.89. The van der Waals surface area contributed by atoms with Crippen molar-refractivity contribution in [3.63, 3.8) is 0 Å². The number of benzene rings is 1. The van der Waals surface area contributed by atoms with Gasteiger partial charge in [0, 0.05) is 11.6 Å². The Morgan fingerprint density at radius 3 is 2.59 bits per heavy atom. The summed E-state index contributed by atoms with van der Waals surface area (Å²) < 4.78 is 4.64. The molecule has 138 valence electrons. The van der Waals surface area contributed by atoms with Crippen molar-refractivity contribution in [1.82, 2.24) is 9.97 Å². The molecule has 27 heavy (non-hydrogen) atoms. The van der Waals surface area contributed by atoms with E-state index in [1.165, 1.54) is 18.9 Å². The average Bonchev–Trinajstić information content (AvgIpc) is 2.66. The lowest BCUT2D eigenvalue weighted by atomic mass is 9.85. The lowest BCUT2D eigenvalue weighted by Crippen LogP contribution is -2.12. The van der Waals surface area contributed by atoms with Crippen LogP contribution in [0.3, 0.4) is 0 Å². The van der Waals surface area contributed by atoms with Gasteiger partial charge < -0.3 is 4.74 Å². The van der Waals surface area contributed by atoms with E-state index in [4.69, 9.17) is 4.98 Å². The molecule has 0 atom stereocenters. The Labute approximate surface area is 158 Å². The summed E-state index contributed by atoms with van der Waals surface area (Å²) in [5, 5.41) is 9.40. The van der Waals surface area contributed by atoms with E-state index in [-0.39, 0.29) is 5.41 Å². The summed E-state index contributed by atoms with van der Waals surface area (Å²) in [6.45, 7) is 6.90. The number of hydrogen-bond acceptors (Lipinski definition) is 6. The van der Waals surface area contributed by atoms with E-state index in [1.807, 2.05) is 6.07 Å². The molecule has 6 heteroatoms. The Kier molecular flexibility index (Phi) is 5.26. The molecule has 0 aliphatic heterocycles. The fourth-order valence-corrected chi connectivity index (χ4v) is 2.74. The van der Waals surface area contributed by atoms with Crippen molar-refractivity contribution in [2.75, 3.05) is 7.11 Å². The van der Waals surface area contributed by atoms with Crippen LogP contribution < -0.4 is 0 Å². The van der Waals surface area contributed by atoms with Crippen molar-refractivity contribution in [1.29, 1.82) is 0 Å². The topological polar surface area (TPSA) is 76.8 Å². The number of para-hydroxylation sites is 1. The van der Waals surface area contributed by atoms with Crippen LogP contribution in [0.15, 0.2) is 58.9 Å². The summed E-state index contributed by atoms with van der Waals surface area (Å²) in [5.41, 5.74) is 3.44. The van der Waals surface area contributed by atoms with Crippen LogP contribution in [0.2, 0.25) is 0 Å².